The standard InChI is InChI=1S/C19H38S/c1-6-8-9-11-15(3)16(4)18-13-12-17(10-7-2)19(14-18)20-5/h15-19H,6-14H2,1-5H3. The van der Waals surface area contributed by atoms with E-state index in [-0.39, 0.29) is 0 Å². The molecule has 0 bridgehead atoms. The number of thioether (sulfide) groups is 1. The molecular formula is C19H38S. The summed E-state index contributed by atoms with van der Waals surface area (Å²) in [6.45, 7) is 9.71. The van der Waals surface area contributed by atoms with E-state index in [1.165, 1.54) is 57.8 Å². The second-order valence-electron chi connectivity index (χ2n) is 7.23. The fourth-order valence-corrected chi connectivity index (χ4v) is 5.23. The van der Waals surface area contributed by atoms with Crippen LogP contribution >= 0.6 is 11.8 Å². The molecule has 120 valence electrons. The zero-order chi connectivity index (χ0) is 15.0. The van der Waals surface area contributed by atoms with E-state index in [0.29, 0.717) is 0 Å². The SMILES string of the molecule is CCCCCC(C)C(C)C1CCC(CCC)C(SC)C1. The van der Waals surface area contributed by atoms with E-state index in [1.807, 2.05) is 0 Å². The molecule has 20 heavy (non-hydrogen) atoms. The van der Waals surface area contributed by atoms with Gasteiger partial charge in [-0.15, -0.1) is 0 Å². The summed E-state index contributed by atoms with van der Waals surface area (Å²) in [5.74, 6) is 3.87. The Kier molecular flexibility index (Phi) is 9.33. The van der Waals surface area contributed by atoms with E-state index in [4.69, 9.17) is 0 Å². The molecule has 0 nitrogen and oxygen atoms in total. The van der Waals surface area contributed by atoms with Crippen LogP contribution in [0.4, 0.5) is 0 Å². The number of hydrogen-bond donors (Lipinski definition) is 0. The van der Waals surface area contributed by atoms with Crippen molar-refractivity contribution < 1.29 is 0 Å². The molecule has 0 aliphatic heterocycles. The Morgan fingerprint density at radius 1 is 1.05 bits per heavy atom. The van der Waals surface area contributed by atoms with Gasteiger partial charge in [0, 0.05) is 5.25 Å². The summed E-state index contributed by atoms with van der Waals surface area (Å²) in [4.78, 5) is 0. The van der Waals surface area contributed by atoms with Gasteiger partial charge in [0.2, 0.25) is 0 Å². The summed E-state index contributed by atoms with van der Waals surface area (Å²) in [5, 5.41) is 0.944. The molecule has 1 fully saturated rings. The number of rotatable bonds is 9. The van der Waals surface area contributed by atoms with Gasteiger partial charge in [-0.05, 0) is 55.6 Å². The van der Waals surface area contributed by atoms with Crippen molar-refractivity contribution in [2.45, 2.75) is 90.7 Å². The van der Waals surface area contributed by atoms with Crippen molar-refractivity contribution in [2.75, 3.05) is 6.26 Å². The summed E-state index contributed by atoms with van der Waals surface area (Å²) in [6.07, 6.45) is 15.3. The maximum Gasteiger partial charge on any atom is 0.00752 e. The van der Waals surface area contributed by atoms with Gasteiger partial charge in [-0.1, -0.05) is 59.8 Å². The Morgan fingerprint density at radius 3 is 2.40 bits per heavy atom. The van der Waals surface area contributed by atoms with Crippen molar-refractivity contribution in [1.82, 2.24) is 0 Å². The van der Waals surface area contributed by atoms with Gasteiger partial charge in [-0.3, -0.25) is 0 Å². The smallest absolute Gasteiger partial charge is 0.00752 e. The first-order chi connectivity index (χ1) is 9.63. The summed E-state index contributed by atoms with van der Waals surface area (Å²) in [6, 6.07) is 0. The van der Waals surface area contributed by atoms with Gasteiger partial charge >= 0.3 is 0 Å². The van der Waals surface area contributed by atoms with E-state index in [1.54, 1.807) is 0 Å². The summed E-state index contributed by atoms with van der Waals surface area (Å²) in [7, 11) is 0. The predicted molar refractivity (Wildman–Crippen MR) is 95.5 cm³/mol. The summed E-state index contributed by atoms with van der Waals surface area (Å²) < 4.78 is 0. The van der Waals surface area contributed by atoms with Crippen LogP contribution in [0.1, 0.15) is 85.5 Å². The molecule has 1 rings (SSSR count). The van der Waals surface area contributed by atoms with Crippen molar-refractivity contribution in [2.24, 2.45) is 23.7 Å². The second kappa shape index (κ2) is 10.1. The maximum atomic E-state index is 2.54. The Hall–Kier alpha value is 0.350. The zero-order valence-corrected chi connectivity index (χ0v) is 15.5. The lowest BCUT2D eigenvalue weighted by atomic mass is 9.71. The molecule has 1 saturated carbocycles. The van der Waals surface area contributed by atoms with Crippen LogP contribution in [0.3, 0.4) is 0 Å². The number of hydrogen-bond acceptors (Lipinski definition) is 1. The monoisotopic (exact) mass is 298 g/mol. The molecule has 0 saturated heterocycles. The fraction of sp³-hybridized carbons (Fsp3) is 1.00. The quantitative estimate of drug-likeness (QED) is 0.422. The first kappa shape index (κ1) is 18.4. The lowest BCUT2D eigenvalue weighted by Crippen LogP contribution is -2.32. The van der Waals surface area contributed by atoms with Gasteiger partial charge in [0.05, 0.1) is 0 Å². The Labute approximate surface area is 132 Å². The van der Waals surface area contributed by atoms with Crippen LogP contribution in [0.15, 0.2) is 0 Å². The lowest BCUT2D eigenvalue weighted by molar-refractivity contribution is 0.167. The molecule has 0 amide bonds. The van der Waals surface area contributed by atoms with Crippen LogP contribution in [0.2, 0.25) is 0 Å². The highest BCUT2D eigenvalue weighted by molar-refractivity contribution is 7.99. The normalized spacial score (nSPS) is 30.1. The minimum absolute atomic E-state index is 0.928. The molecule has 0 N–H and O–H groups in total. The van der Waals surface area contributed by atoms with E-state index >= 15 is 0 Å². The molecule has 0 aromatic rings. The topological polar surface area (TPSA) is 0 Å². The predicted octanol–water partition coefficient (Wildman–Crippen LogP) is 6.79. The Balaban J connectivity index is 2.43. The van der Waals surface area contributed by atoms with Crippen molar-refractivity contribution >= 4 is 11.8 Å². The van der Waals surface area contributed by atoms with E-state index < -0.39 is 0 Å². The Morgan fingerprint density at radius 2 is 1.80 bits per heavy atom. The zero-order valence-electron chi connectivity index (χ0n) is 14.7. The first-order valence-corrected chi connectivity index (χ1v) is 10.5. The molecule has 0 radical (unpaired) electrons. The third-order valence-corrected chi connectivity index (χ3v) is 7.02. The molecule has 1 aliphatic carbocycles. The fourth-order valence-electron chi connectivity index (χ4n) is 4.13. The molecule has 5 unspecified atom stereocenters. The molecule has 0 aromatic carbocycles. The molecule has 1 aliphatic rings. The third kappa shape index (κ3) is 5.62. The third-order valence-electron chi connectivity index (χ3n) is 5.84. The van der Waals surface area contributed by atoms with Crippen LogP contribution < -0.4 is 0 Å². The number of unbranched alkanes of at least 4 members (excludes halogenated alkanes) is 2. The average Bonchev–Trinajstić information content (AvgIpc) is 2.47. The molecule has 1 heteroatoms. The average molecular weight is 299 g/mol. The van der Waals surface area contributed by atoms with Gasteiger partial charge in [-0.25, -0.2) is 0 Å². The van der Waals surface area contributed by atoms with E-state index in [2.05, 4.69) is 45.7 Å². The van der Waals surface area contributed by atoms with Crippen molar-refractivity contribution in [3.63, 3.8) is 0 Å². The van der Waals surface area contributed by atoms with Crippen LogP contribution in [0.25, 0.3) is 0 Å². The first-order valence-electron chi connectivity index (χ1n) is 9.16. The maximum absolute atomic E-state index is 2.54. The lowest BCUT2D eigenvalue weighted by Gasteiger charge is -2.39. The second-order valence-corrected chi connectivity index (χ2v) is 8.31. The van der Waals surface area contributed by atoms with Crippen LogP contribution in [0.5, 0.6) is 0 Å². The minimum Gasteiger partial charge on any atom is -0.162 e. The van der Waals surface area contributed by atoms with E-state index in [9.17, 15) is 0 Å². The van der Waals surface area contributed by atoms with Gasteiger partial charge in [0.1, 0.15) is 0 Å². The van der Waals surface area contributed by atoms with Gasteiger partial charge in [0.25, 0.3) is 0 Å². The summed E-state index contributed by atoms with van der Waals surface area (Å²) in [5.41, 5.74) is 0. The highest BCUT2D eigenvalue weighted by atomic mass is 32.2. The van der Waals surface area contributed by atoms with Crippen LogP contribution in [0, 0.1) is 23.7 Å². The highest BCUT2D eigenvalue weighted by Crippen LogP contribution is 2.43. The van der Waals surface area contributed by atoms with Crippen molar-refractivity contribution in [3.05, 3.63) is 0 Å². The minimum atomic E-state index is 0.928. The molecule has 0 heterocycles. The molecule has 5 atom stereocenters. The Bertz CT molecular complexity index is 238. The summed E-state index contributed by atoms with van der Waals surface area (Å²) >= 11 is 2.15. The van der Waals surface area contributed by atoms with Crippen LogP contribution in [-0.4, -0.2) is 11.5 Å². The molecular weight excluding hydrogens is 260 g/mol. The largest absolute Gasteiger partial charge is 0.162 e. The van der Waals surface area contributed by atoms with E-state index in [0.717, 1.165) is 28.9 Å². The van der Waals surface area contributed by atoms with Gasteiger partial charge in [-0.2, -0.15) is 11.8 Å². The van der Waals surface area contributed by atoms with Crippen LogP contribution in [-0.2, 0) is 0 Å². The van der Waals surface area contributed by atoms with Crippen molar-refractivity contribution in [3.8, 4) is 0 Å². The molecule has 0 aromatic heterocycles. The van der Waals surface area contributed by atoms with Crippen molar-refractivity contribution in [1.29, 1.82) is 0 Å². The molecule has 0 spiro atoms. The van der Waals surface area contributed by atoms with Gasteiger partial charge < -0.3 is 0 Å². The highest BCUT2D eigenvalue weighted by Gasteiger charge is 2.33. The van der Waals surface area contributed by atoms with Gasteiger partial charge in [0.15, 0.2) is 0 Å².